The molecule has 1 aliphatic rings. The Morgan fingerprint density at radius 1 is 1.54 bits per heavy atom. The van der Waals surface area contributed by atoms with Crippen molar-refractivity contribution < 1.29 is 14.4 Å². The summed E-state index contributed by atoms with van der Waals surface area (Å²) in [6.45, 7) is 2.25. The topological polar surface area (TPSA) is 61.6 Å². The van der Waals surface area contributed by atoms with E-state index < -0.39 is 5.54 Å². The van der Waals surface area contributed by atoms with Gasteiger partial charge in [-0.25, -0.2) is 0 Å². The molecule has 0 aromatic carbocycles. The first-order chi connectivity index (χ1) is 6.21. The van der Waals surface area contributed by atoms with Crippen molar-refractivity contribution in [2.75, 3.05) is 20.0 Å². The molecule has 1 saturated heterocycles. The summed E-state index contributed by atoms with van der Waals surface area (Å²) in [7, 11) is 0. The van der Waals surface area contributed by atoms with Gasteiger partial charge in [-0.2, -0.15) is 0 Å². The minimum absolute atomic E-state index is 0.129. The lowest BCUT2D eigenvalue weighted by molar-refractivity contribution is -0.586. The smallest absolute Gasteiger partial charge is 0.271 e. The molecule has 0 aromatic rings. The van der Waals surface area contributed by atoms with Crippen LogP contribution >= 0.6 is 0 Å². The first-order valence-electron chi connectivity index (χ1n) is 4.12. The SMILES string of the molecule is C/C=C/CC1([N+](=O)[O-])COCOC1. The molecular weight excluding hydrogens is 174 g/mol. The fourth-order valence-electron chi connectivity index (χ4n) is 1.20. The lowest BCUT2D eigenvalue weighted by atomic mass is 9.97. The lowest BCUT2D eigenvalue weighted by Crippen LogP contribution is -2.50. The number of ether oxygens (including phenoxy) is 2. The maximum Gasteiger partial charge on any atom is 0.271 e. The van der Waals surface area contributed by atoms with Gasteiger partial charge in [0, 0.05) is 11.3 Å². The average Bonchev–Trinajstić information content (AvgIpc) is 2.16. The molecule has 13 heavy (non-hydrogen) atoms. The van der Waals surface area contributed by atoms with E-state index in [1.165, 1.54) is 0 Å². The Morgan fingerprint density at radius 2 is 2.15 bits per heavy atom. The first-order valence-corrected chi connectivity index (χ1v) is 4.12. The van der Waals surface area contributed by atoms with Gasteiger partial charge >= 0.3 is 0 Å². The molecule has 0 atom stereocenters. The van der Waals surface area contributed by atoms with Crippen LogP contribution in [0.3, 0.4) is 0 Å². The Bertz CT molecular complexity index is 208. The normalized spacial score (nSPS) is 21.9. The maximum absolute atomic E-state index is 10.8. The van der Waals surface area contributed by atoms with Crippen molar-refractivity contribution in [3.05, 3.63) is 22.3 Å². The summed E-state index contributed by atoms with van der Waals surface area (Å²) in [5, 5.41) is 10.8. The molecule has 0 unspecified atom stereocenters. The third kappa shape index (κ3) is 2.26. The van der Waals surface area contributed by atoms with Crippen molar-refractivity contribution in [1.82, 2.24) is 0 Å². The third-order valence-corrected chi connectivity index (χ3v) is 2.03. The molecule has 1 aliphatic heterocycles. The van der Waals surface area contributed by atoms with Gasteiger partial charge in [-0.15, -0.1) is 0 Å². The predicted molar refractivity (Wildman–Crippen MR) is 45.9 cm³/mol. The minimum Gasteiger partial charge on any atom is -0.348 e. The standard InChI is InChI=1S/C8H13NO4/c1-2-3-4-8(9(10)11)5-12-7-13-6-8/h2-3H,4-7H2,1H3/b3-2+. The highest BCUT2D eigenvalue weighted by Crippen LogP contribution is 2.20. The Hall–Kier alpha value is -0.940. The van der Waals surface area contributed by atoms with Gasteiger partial charge in [0.1, 0.15) is 20.0 Å². The summed E-state index contributed by atoms with van der Waals surface area (Å²) < 4.78 is 9.89. The van der Waals surface area contributed by atoms with Gasteiger partial charge < -0.3 is 9.47 Å². The summed E-state index contributed by atoms with van der Waals surface area (Å²) >= 11 is 0. The molecule has 1 fully saturated rings. The van der Waals surface area contributed by atoms with Gasteiger partial charge in [0.15, 0.2) is 0 Å². The average molecular weight is 187 g/mol. The second-order valence-electron chi connectivity index (χ2n) is 3.07. The van der Waals surface area contributed by atoms with E-state index >= 15 is 0 Å². The third-order valence-electron chi connectivity index (χ3n) is 2.03. The van der Waals surface area contributed by atoms with Crippen molar-refractivity contribution in [1.29, 1.82) is 0 Å². The Balaban J connectivity index is 2.67. The molecule has 5 heteroatoms. The number of rotatable bonds is 3. The molecule has 0 saturated carbocycles. The Morgan fingerprint density at radius 3 is 2.62 bits per heavy atom. The number of hydrogen-bond donors (Lipinski definition) is 0. The van der Waals surface area contributed by atoms with E-state index in [1.54, 1.807) is 12.2 Å². The fourth-order valence-corrected chi connectivity index (χ4v) is 1.20. The molecule has 1 heterocycles. The van der Waals surface area contributed by atoms with Gasteiger partial charge in [0.05, 0.1) is 0 Å². The predicted octanol–water partition coefficient (Wildman–Crippen LogP) is 0.972. The molecule has 0 amide bonds. The number of nitro groups is 1. The van der Waals surface area contributed by atoms with E-state index in [2.05, 4.69) is 0 Å². The molecule has 0 spiro atoms. The highest BCUT2D eigenvalue weighted by Gasteiger charge is 2.44. The zero-order chi connectivity index (χ0) is 9.73. The van der Waals surface area contributed by atoms with Crippen LogP contribution in [-0.2, 0) is 9.47 Å². The van der Waals surface area contributed by atoms with E-state index in [0.717, 1.165) is 0 Å². The highest BCUT2D eigenvalue weighted by molar-refractivity contribution is 4.91. The summed E-state index contributed by atoms with van der Waals surface area (Å²) in [5.74, 6) is 0. The number of nitrogens with zero attached hydrogens (tertiary/aromatic N) is 1. The largest absolute Gasteiger partial charge is 0.348 e. The zero-order valence-electron chi connectivity index (χ0n) is 7.56. The lowest BCUT2D eigenvalue weighted by Gasteiger charge is -2.27. The maximum atomic E-state index is 10.8. The van der Waals surface area contributed by atoms with Crippen LogP contribution in [0.5, 0.6) is 0 Å². The molecule has 0 aromatic heterocycles. The van der Waals surface area contributed by atoms with E-state index in [-0.39, 0.29) is 24.9 Å². The summed E-state index contributed by atoms with van der Waals surface area (Å²) in [4.78, 5) is 10.5. The van der Waals surface area contributed by atoms with Crippen LogP contribution in [0.2, 0.25) is 0 Å². The van der Waals surface area contributed by atoms with Crippen LogP contribution in [-0.4, -0.2) is 30.5 Å². The van der Waals surface area contributed by atoms with Gasteiger partial charge in [0.25, 0.3) is 5.54 Å². The Labute approximate surface area is 76.5 Å². The van der Waals surface area contributed by atoms with Crippen molar-refractivity contribution >= 4 is 0 Å². The molecule has 0 aliphatic carbocycles. The van der Waals surface area contributed by atoms with Crippen molar-refractivity contribution in [2.45, 2.75) is 18.9 Å². The zero-order valence-corrected chi connectivity index (χ0v) is 7.56. The Kier molecular flexibility index (Phi) is 3.39. The highest BCUT2D eigenvalue weighted by atomic mass is 16.7. The summed E-state index contributed by atoms with van der Waals surface area (Å²) in [6.07, 6.45) is 3.91. The van der Waals surface area contributed by atoms with Crippen molar-refractivity contribution in [3.8, 4) is 0 Å². The molecule has 5 nitrogen and oxygen atoms in total. The monoisotopic (exact) mass is 187 g/mol. The number of allylic oxidation sites excluding steroid dienone is 1. The molecular formula is C8H13NO4. The van der Waals surface area contributed by atoms with Crippen molar-refractivity contribution in [3.63, 3.8) is 0 Å². The van der Waals surface area contributed by atoms with Crippen LogP contribution < -0.4 is 0 Å². The molecule has 0 N–H and O–H groups in total. The number of hydrogen-bond acceptors (Lipinski definition) is 4. The van der Waals surface area contributed by atoms with Crippen LogP contribution in [0.15, 0.2) is 12.2 Å². The fraction of sp³-hybridized carbons (Fsp3) is 0.750. The van der Waals surface area contributed by atoms with E-state index in [0.29, 0.717) is 6.42 Å². The molecule has 0 radical (unpaired) electrons. The van der Waals surface area contributed by atoms with Crippen LogP contribution in [0, 0.1) is 10.1 Å². The van der Waals surface area contributed by atoms with E-state index in [1.807, 2.05) is 6.92 Å². The van der Waals surface area contributed by atoms with Gasteiger partial charge in [-0.3, -0.25) is 10.1 Å². The summed E-state index contributed by atoms with van der Waals surface area (Å²) in [6, 6.07) is 0. The van der Waals surface area contributed by atoms with Crippen LogP contribution in [0.25, 0.3) is 0 Å². The van der Waals surface area contributed by atoms with Crippen LogP contribution in [0.4, 0.5) is 0 Å². The molecule has 74 valence electrons. The van der Waals surface area contributed by atoms with Gasteiger partial charge in [0.2, 0.25) is 0 Å². The first kappa shape index (κ1) is 10.1. The van der Waals surface area contributed by atoms with E-state index in [9.17, 15) is 10.1 Å². The van der Waals surface area contributed by atoms with Crippen molar-refractivity contribution in [2.24, 2.45) is 0 Å². The van der Waals surface area contributed by atoms with Crippen LogP contribution in [0.1, 0.15) is 13.3 Å². The summed E-state index contributed by atoms with van der Waals surface area (Å²) in [5.41, 5.74) is -1.08. The van der Waals surface area contributed by atoms with Gasteiger partial charge in [-0.1, -0.05) is 12.2 Å². The second-order valence-corrected chi connectivity index (χ2v) is 3.07. The van der Waals surface area contributed by atoms with Gasteiger partial charge in [-0.05, 0) is 6.92 Å². The molecule has 1 rings (SSSR count). The quantitative estimate of drug-likeness (QED) is 0.375. The molecule has 0 bridgehead atoms. The second kappa shape index (κ2) is 4.34. The minimum atomic E-state index is -1.08. The van der Waals surface area contributed by atoms with E-state index in [4.69, 9.17) is 9.47 Å².